The van der Waals surface area contributed by atoms with Gasteiger partial charge >= 0.3 is 0 Å². The van der Waals surface area contributed by atoms with E-state index in [1.165, 1.54) is 0 Å². The van der Waals surface area contributed by atoms with E-state index >= 15 is 0 Å². The van der Waals surface area contributed by atoms with Gasteiger partial charge in [0.25, 0.3) is 0 Å². The molecule has 2 aromatic rings. The Balaban J connectivity index is 2.38. The van der Waals surface area contributed by atoms with Crippen molar-refractivity contribution < 1.29 is 4.21 Å². The van der Waals surface area contributed by atoms with Crippen LogP contribution in [0.25, 0.3) is 5.82 Å². The molecule has 0 aromatic carbocycles. The van der Waals surface area contributed by atoms with Crippen molar-refractivity contribution in [3.05, 3.63) is 35.6 Å². The fraction of sp³-hybridized carbons (Fsp3) is 0.333. The largest absolute Gasteiger partial charge is 0.252 e. The van der Waals surface area contributed by atoms with Crippen LogP contribution < -0.4 is 0 Å². The van der Waals surface area contributed by atoms with Gasteiger partial charge in [0, 0.05) is 17.1 Å². The Bertz CT molecular complexity index is 589. The first-order valence-corrected chi connectivity index (χ1v) is 7.01. The average Bonchev–Trinajstić information content (AvgIpc) is 2.76. The van der Waals surface area contributed by atoms with Crippen LogP contribution in [0.1, 0.15) is 20.8 Å². The summed E-state index contributed by atoms with van der Waals surface area (Å²) >= 11 is 6.04. The van der Waals surface area contributed by atoms with Crippen molar-refractivity contribution in [3.8, 4) is 5.82 Å². The van der Waals surface area contributed by atoms with Gasteiger partial charge in [0.2, 0.25) is 0 Å². The maximum atomic E-state index is 12.2. The molecule has 2 aromatic heterocycles. The van der Waals surface area contributed by atoms with Crippen LogP contribution in [0.3, 0.4) is 0 Å². The number of hydrogen-bond donors (Lipinski definition) is 0. The van der Waals surface area contributed by atoms with Crippen molar-refractivity contribution in [2.24, 2.45) is 0 Å². The smallest absolute Gasteiger partial charge is 0.172 e. The first-order valence-electron chi connectivity index (χ1n) is 5.48. The molecule has 0 spiro atoms. The second-order valence-corrected chi connectivity index (χ2v) is 7.38. The van der Waals surface area contributed by atoms with Crippen molar-refractivity contribution in [1.82, 2.24) is 14.8 Å². The molecular weight excluding hydrogens is 270 g/mol. The molecule has 4 nitrogen and oxygen atoms in total. The fourth-order valence-electron chi connectivity index (χ4n) is 1.38. The molecule has 0 saturated carbocycles. The van der Waals surface area contributed by atoms with E-state index in [2.05, 4.69) is 10.1 Å². The van der Waals surface area contributed by atoms with Crippen molar-refractivity contribution in [2.45, 2.75) is 30.5 Å². The van der Waals surface area contributed by atoms with Crippen LogP contribution in [0.5, 0.6) is 0 Å². The molecule has 0 amide bonds. The fourth-order valence-corrected chi connectivity index (χ4v) is 2.57. The summed E-state index contributed by atoms with van der Waals surface area (Å²) in [5, 5.41) is 5.32. The summed E-state index contributed by atoms with van der Waals surface area (Å²) in [4.78, 5) is 4.15. The number of halogens is 1. The Labute approximate surface area is 113 Å². The van der Waals surface area contributed by atoms with E-state index in [1.807, 2.05) is 20.8 Å². The quantitative estimate of drug-likeness (QED) is 0.851. The minimum atomic E-state index is -1.16. The highest BCUT2D eigenvalue weighted by atomic mass is 35.5. The molecular formula is C12H14ClN3OS. The molecule has 96 valence electrons. The Morgan fingerprint density at radius 2 is 2.06 bits per heavy atom. The topological polar surface area (TPSA) is 47.8 Å². The zero-order valence-corrected chi connectivity index (χ0v) is 12.0. The Morgan fingerprint density at radius 3 is 2.67 bits per heavy atom. The summed E-state index contributed by atoms with van der Waals surface area (Å²) in [6, 6.07) is 5.22. The van der Waals surface area contributed by atoms with Crippen molar-refractivity contribution in [3.63, 3.8) is 0 Å². The van der Waals surface area contributed by atoms with Gasteiger partial charge in [0.05, 0.1) is 15.8 Å². The third kappa shape index (κ3) is 2.62. The van der Waals surface area contributed by atoms with Crippen LogP contribution in [-0.4, -0.2) is 23.7 Å². The van der Waals surface area contributed by atoms with Gasteiger partial charge in [0.15, 0.2) is 5.82 Å². The number of aromatic nitrogens is 3. The van der Waals surface area contributed by atoms with Crippen LogP contribution in [-0.2, 0) is 10.8 Å². The van der Waals surface area contributed by atoms with Crippen LogP contribution >= 0.6 is 11.6 Å². The van der Waals surface area contributed by atoms with Crippen LogP contribution in [0.15, 0.2) is 35.6 Å². The number of rotatable bonds is 2. The highest BCUT2D eigenvalue weighted by Crippen LogP contribution is 2.21. The highest BCUT2D eigenvalue weighted by molar-refractivity contribution is 7.86. The monoisotopic (exact) mass is 283 g/mol. The lowest BCUT2D eigenvalue weighted by molar-refractivity contribution is 0.642. The Morgan fingerprint density at radius 1 is 1.33 bits per heavy atom. The molecule has 2 heterocycles. The molecule has 1 atom stereocenters. The summed E-state index contributed by atoms with van der Waals surface area (Å²) in [6.45, 7) is 5.74. The predicted molar refractivity (Wildman–Crippen MR) is 72.5 cm³/mol. The van der Waals surface area contributed by atoms with E-state index in [0.29, 0.717) is 15.9 Å². The van der Waals surface area contributed by atoms with E-state index in [-0.39, 0.29) is 4.75 Å². The third-order valence-corrected chi connectivity index (χ3v) is 4.27. The van der Waals surface area contributed by atoms with Gasteiger partial charge in [-0.2, -0.15) is 5.10 Å². The zero-order valence-electron chi connectivity index (χ0n) is 10.4. The van der Waals surface area contributed by atoms with E-state index in [0.717, 1.165) is 0 Å². The van der Waals surface area contributed by atoms with Gasteiger partial charge < -0.3 is 0 Å². The molecule has 0 bridgehead atoms. The molecule has 0 N–H and O–H groups in total. The SMILES string of the molecule is CC(C)(C)S(=O)c1ccn(-c2ncccc2Cl)n1. The molecule has 1 unspecified atom stereocenters. The van der Waals surface area contributed by atoms with Gasteiger partial charge in [-0.1, -0.05) is 11.6 Å². The van der Waals surface area contributed by atoms with Crippen LogP contribution in [0.2, 0.25) is 5.02 Å². The molecule has 0 radical (unpaired) electrons. The molecule has 18 heavy (non-hydrogen) atoms. The average molecular weight is 284 g/mol. The van der Waals surface area contributed by atoms with Crippen LogP contribution in [0.4, 0.5) is 0 Å². The second kappa shape index (κ2) is 4.82. The molecule has 0 fully saturated rings. The third-order valence-electron chi connectivity index (χ3n) is 2.27. The normalized spacial score (nSPS) is 13.6. The first kappa shape index (κ1) is 13.2. The molecule has 2 rings (SSSR count). The van der Waals surface area contributed by atoms with E-state index in [4.69, 9.17) is 11.6 Å². The Hall–Kier alpha value is -1.20. The molecule has 0 aliphatic rings. The summed E-state index contributed by atoms with van der Waals surface area (Å²) in [6.07, 6.45) is 3.36. The maximum absolute atomic E-state index is 12.2. The van der Waals surface area contributed by atoms with Crippen molar-refractivity contribution in [1.29, 1.82) is 0 Å². The zero-order chi connectivity index (χ0) is 13.3. The first-order chi connectivity index (χ1) is 8.39. The molecule has 0 saturated heterocycles. The summed E-state index contributed by atoms with van der Waals surface area (Å²) in [5.74, 6) is 0.538. The highest BCUT2D eigenvalue weighted by Gasteiger charge is 2.23. The predicted octanol–water partition coefficient (Wildman–Crippen LogP) is 2.83. The minimum Gasteiger partial charge on any atom is -0.252 e. The van der Waals surface area contributed by atoms with E-state index < -0.39 is 10.8 Å². The summed E-state index contributed by atoms with van der Waals surface area (Å²) in [5.41, 5.74) is 0. The van der Waals surface area contributed by atoms with E-state index in [1.54, 1.807) is 35.3 Å². The molecule has 0 aliphatic carbocycles. The molecule has 6 heteroatoms. The minimum absolute atomic E-state index is 0.340. The maximum Gasteiger partial charge on any atom is 0.172 e. The second-order valence-electron chi connectivity index (χ2n) is 4.79. The van der Waals surface area contributed by atoms with Gasteiger partial charge in [0.1, 0.15) is 5.03 Å². The Kier molecular flexibility index (Phi) is 3.54. The lowest BCUT2D eigenvalue weighted by Crippen LogP contribution is -2.22. The van der Waals surface area contributed by atoms with Gasteiger partial charge in [-0.25, -0.2) is 9.67 Å². The van der Waals surface area contributed by atoms with Gasteiger partial charge in [-0.3, -0.25) is 4.21 Å². The summed E-state index contributed by atoms with van der Waals surface area (Å²) < 4.78 is 13.4. The van der Waals surface area contributed by atoms with Gasteiger partial charge in [-0.15, -0.1) is 0 Å². The standard InChI is InChI=1S/C12H14ClN3OS/c1-12(2,3)18(17)10-6-8-16(15-10)11-9(13)5-4-7-14-11/h4-8H,1-3H3. The number of nitrogens with zero attached hydrogens (tertiary/aromatic N) is 3. The number of hydrogen-bond acceptors (Lipinski definition) is 3. The summed E-state index contributed by atoms with van der Waals surface area (Å²) in [7, 11) is -1.16. The van der Waals surface area contributed by atoms with Crippen molar-refractivity contribution >= 4 is 22.4 Å². The van der Waals surface area contributed by atoms with Crippen molar-refractivity contribution in [2.75, 3.05) is 0 Å². The lowest BCUT2D eigenvalue weighted by atomic mass is 10.3. The lowest BCUT2D eigenvalue weighted by Gasteiger charge is -2.15. The van der Waals surface area contributed by atoms with Gasteiger partial charge in [-0.05, 0) is 39.0 Å². The van der Waals surface area contributed by atoms with Crippen LogP contribution in [0, 0.1) is 0 Å². The number of pyridine rings is 1. The van der Waals surface area contributed by atoms with E-state index in [9.17, 15) is 4.21 Å². The molecule has 0 aliphatic heterocycles.